The zero-order chi connectivity index (χ0) is 14.0. The van der Waals surface area contributed by atoms with Gasteiger partial charge in [0.05, 0.1) is 11.0 Å². The standard InChI is InChI=1S/C13H17FN2O2S/c1-13(2)6-10(7-19-8-13)15-11-4-3-9(14)5-12(11)16(17)18/h3-5,10,15H,6-8H2,1-2H3. The highest BCUT2D eigenvalue weighted by Crippen LogP contribution is 2.36. The lowest BCUT2D eigenvalue weighted by molar-refractivity contribution is -0.384. The summed E-state index contributed by atoms with van der Waals surface area (Å²) in [6.07, 6.45) is 0.953. The van der Waals surface area contributed by atoms with E-state index in [-0.39, 0.29) is 17.1 Å². The fraction of sp³-hybridized carbons (Fsp3) is 0.538. The maximum absolute atomic E-state index is 13.1. The molecule has 4 nitrogen and oxygen atoms in total. The molecular formula is C13H17FN2O2S. The molecule has 0 aliphatic carbocycles. The Kier molecular flexibility index (Phi) is 3.99. The highest BCUT2D eigenvalue weighted by molar-refractivity contribution is 7.99. The summed E-state index contributed by atoms with van der Waals surface area (Å²) in [5.41, 5.74) is 0.415. The van der Waals surface area contributed by atoms with Crippen LogP contribution in [0, 0.1) is 21.3 Å². The van der Waals surface area contributed by atoms with Crippen LogP contribution in [0.5, 0.6) is 0 Å². The van der Waals surface area contributed by atoms with Crippen molar-refractivity contribution in [1.82, 2.24) is 0 Å². The van der Waals surface area contributed by atoms with Gasteiger partial charge in [0.2, 0.25) is 0 Å². The van der Waals surface area contributed by atoms with Crippen molar-refractivity contribution in [1.29, 1.82) is 0 Å². The van der Waals surface area contributed by atoms with Crippen molar-refractivity contribution < 1.29 is 9.31 Å². The van der Waals surface area contributed by atoms with E-state index in [9.17, 15) is 14.5 Å². The first-order valence-corrected chi connectivity index (χ1v) is 7.31. The molecule has 6 heteroatoms. The van der Waals surface area contributed by atoms with Crippen LogP contribution in [0.1, 0.15) is 20.3 Å². The Morgan fingerprint density at radius 1 is 1.53 bits per heavy atom. The molecule has 1 aromatic rings. The molecule has 1 aromatic carbocycles. The summed E-state index contributed by atoms with van der Waals surface area (Å²) < 4.78 is 13.1. The lowest BCUT2D eigenvalue weighted by Crippen LogP contribution is -2.35. The molecule has 1 unspecified atom stereocenters. The number of hydrogen-bond acceptors (Lipinski definition) is 4. The third-order valence-corrected chi connectivity index (χ3v) is 4.75. The average molecular weight is 284 g/mol. The van der Waals surface area contributed by atoms with Crippen LogP contribution < -0.4 is 5.32 Å². The van der Waals surface area contributed by atoms with Crippen LogP contribution >= 0.6 is 11.8 Å². The van der Waals surface area contributed by atoms with Crippen LogP contribution in [0.2, 0.25) is 0 Å². The van der Waals surface area contributed by atoms with Crippen LogP contribution in [0.3, 0.4) is 0 Å². The second-order valence-corrected chi connectivity index (χ2v) is 6.67. The van der Waals surface area contributed by atoms with Gasteiger partial charge in [-0.1, -0.05) is 13.8 Å². The van der Waals surface area contributed by atoms with E-state index in [0.29, 0.717) is 5.69 Å². The molecule has 1 fully saturated rings. The van der Waals surface area contributed by atoms with Crippen LogP contribution in [0.15, 0.2) is 18.2 Å². The molecule has 0 saturated carbocycles. The van der Waals surface area contributed by atoms with Crippen LogP contribution in [0.25, 0.3) is 0 Å². The Bertz CT molecular complexity index is 494. The van der Waals surface area contributed by atoms with Crippen molar-refractivity contribution in [2.75, 3.05) is 16.8 Å². The van der Waals surface area contributed by atoms with E-state index in [1.165, 1.54) is 12.1 Å². The van der Waals surface area contributed by atoms with Crippen molar-refractivity contribution in [3.63, 3.8) is 0 Å². The Labute approximate surface area is 115 Å². The van der Waals surface area contributed by atoms with Crippen molar-refractivity contribution in [3.05, 3.63) is 34.1 Å². The first-order valence-electron chi connectivity index (χ1n) is 6.16. The topological polar surface area (TPSA) is 55.2 Å². The number of hydrogen-bond donors (Lipinski definition) is 1. The number of rotatable bonds is 3. The fourth-order valence-electron chi connectivity index (χ4n) is 2.35. The minimum absolute atomic E-state index is 0.179. The first kappa shape index (κ1) is 14.1. The summed E-state index contributed by atoms with van der Waals surface area (Å²) in [5.74, 6) is 1.42. The largest absolute Gasteiger partial charge is 0.376 e. The van der Waals surface area contributed by atoms with Gasteiger partial charge in [-0.15, -0.1) is 0 Å². The number of nitrogens with one attached hydrogen (secondary N) is 1. The number of thioether (sulfide) groups is 1. The van der Waals surface area contributed by atoms with Gasteiger partial charge in [-0.05, 0) is 29.7 Å². The lowest BCUT2D eigenvalue weighted by atomic mass is 9.87. The zero-order valence-corrected chi connectivity index (χ0v) is 11.8. The minimum Gasteiger partial charge on any atom is -0.376 e. The third-order valence-electron chi connectivity index (χ3n) is 3.13. The average Bonchev–Trinajstić information content (AvgIpc) is 2.30. The summed E-state index contributed by atoms with van der Waals surface area (Å²) in [6.45, 7) is 4.37. The molecule has 1 atom stereocenters. The van der Waals surface area contributed by atoms with E-state index in [0.717, 1.165) is 24.0 Å². The van der Waals surface area contributed by atoms with Gasteiger partial charge < -0.3 is 5.32 Å². The molecule has 0 radical (unpaired) electrons. The first-order chi connectivity index (χ1) is 8.87. The number of nitrogens with zero attached hydrogens (tertiary/aromatic N) is 1. The van der Waals surface area contributed by atoms with Gasteiger partial charge in [0, 0.05) is 11.8 Å². The van der Waals surface area contributed by atoms with Gasteiger partial charge in [-0.2, -0.15) is 11.8 Å². The molecular weight excluding hydrogens is 267 g/mol. The van der Waals surface area contributed by atoms with E-state index >= 15 is 0 Å². The molecule has 1 saturated heterocycles. The van der Waals surface area contributed by atoms with E-state index in [1.54, 1.807) is 0 Å². The third kappa shape index (κ3) is 3.59. The van der Waals surface area contributed by atoms with Gasteiger partial charge in [0.25, 0.3) is 5.69 Å². The Morgan fingerprint density at radius 2 is 2.26 bits per heavy atom. The van der Waals surface area contributed by atoms with E-state index in [4.69, 9.17) is 0 Å². The van der Waals surface area contributed by atoms with Gasteiger partial charge >= 0.3 is 0 Å². The quantitative estimate of drug-likeness (QED) is 0.679. The second kappa shape index (κ2) is 5.36. The number of halogens is 1. The van der Waals surface area contributed by atoms with E-state index in [1.807, 2.05) is 11.8 Å². The summed E-state index contributed by atoms with van der Waals surface area (Å²) >= 11 is 1.84. The molecule has 0 spiro atoms. The second-order valence-electron chi connectivity index (χ2n) is 5.64. The summed E-state index contributed by atoms with van der Waals surface area (Å²) in [5, 5.41) is 14.1. The monoisotopic (exact) mass is 284 g/mol. The van der Waals surface area contributed by atoms with Gasteiger partial charge in [0.15, 0.2) is 0 Å². The highest BCUT2D eigenvalue weighted by atomic mass is 32.2. The number of nitro benzene ring substituents is 1. The highest BCUT2D eigenvalue weighted by Gasteiger charge is 2.29. The lowest BCUT2D eigenvalue weighted by Gasteiger charge is -2.35. The zero-order valence-electron chi connectivity index (χ0n) is 11.0. The maximum Gasteiger partial charge on any atom is 0.295 e. The Balaban J connectivity index is 2.17. The van der Waals surface area contributed by atoms with E-state index in [2.05, 4.69) is 19.2 Å². The molecule has 2 rings (SSSR count). The number of nitro groups is 1. The van der Waals surface area contributed by atoms with Gasteiger partial charge in [-0.3, -0.25) is 10.1 Å². The van der Waals surface area contributed by atoms with Crippen molar-refractivity contribution in [2.45, 2.75) is 26.3 Å². The van der Waals surface area contributed by atoms with Crippen molar-refractivity contribution in [3.8, 4) is 0 Å². The molecule has 1 N–H and O–H groups in total. The van der Waals surface area contributed by atoms with E-state index < -0.39 is 10.7 Å². The fourth-order valence-corrected chi connectivity index (χ4v) is 3.63. The smallest absolute Gasteiger partial charge is 0.295 e. The molecule has 1 aliphatic rings. The Morgan fingerprint density at radius 3 is 2.89 bits per heavy atom. The molecule has 1 aliphatic heterocycles. The van der Waals surface area contributed by atoms with Crippen LogP contribution in [-0.4, -0.2) is 22.5 Å². The molecule has 0 bridgehead atoms. The number of anilines is 1. The van der Waals surface area contributed by atoms with Gasteiger partial charge in [-0.25, -0.2) is 4.39 Å². The molecule has 0 aromatic heterocycles. The SMILES string of the molecule is CC1(C)CSCC(Nc2ccc(F)cc2[N+](=O)[O-])C1. The Hall–Kier alpha value is -1.30. The summed E-state index contributed by atoms with van der Waals surface area (Å²) in [6, 6.07) is 3.83. The molecule has 19 heavy (non-hydrogen) atoms. The molecule has 0 amide bonds. The summed E-state index contributed by atoms with van der Waals surface area (Å²) in [4.78, 5) is 10.4. The van der Waals surface area contributed by atoms with Crippen LogP contribution in [-0.2, 0) is 0 Å². The summed E-state index contributed by atoms with van der Waals surface area (Å²) in [7, 11) is 0. The van der Waals surface area contributed by atoms with Crippen molar-refractivity contribution in [2.24, 2.45) is 5.41 Å². The van der Waals surface area contributed by atoms with Gasteiger partial charge in [0.1, 0.15) is 11.5 Å². The minimum atomic E-state index is -0.587. The number of benzene rings is 1. The maximum atomic E-state index is 13.1. The normalized spacial score (nSPS) is 21.9. The predicted molar refractivity (Wildman–Crippen MR) is 76.2 cm³/mol. The van der Waals surface area contributed by atoms with Crippen molar-refractivity contribution >= 4 is 23.1 Å². The molecule has 104 valence electrons. The molecule has 1 heterocycles. The predicted octanol–water partition coefficient (Wildman–Crippen LogP) is 3.68. The van der Waals surface area contributed by atoms with Crippen LogP contribution in [0.4, 0.5) is 15.8 Å².